The van der Waals surface area contributed by atoms with Crippen LogP contribution in [-0.4, -0.2) is 76.7 Å². The number of anilines is 1. The summed E-state index contributed by atoms with van der Waals surface area (Å²) in [5.74, 6) is 1.07. The first kappa shape index (κ1) is 24.4. The van der Waals surface area contributed by atoms with Crippen LogP contribution in [0.5, 0.6) is 17.2 Å². The molecule has 0 spiro atoms. The van der Waals surface area contributed by atoms with Crippen molar-refractivity contribution in [3.8, 4) is 23.1 Å². The number of nitrogens with two attached hydrogens (primary N) is 1. The quantitative estimate of drug-likeness (QED) is 0.299. The van der Waals surface area contributed by atoms with Crippen molar-refractivity contribution in [3.05, 3.63) is 29.1 Å². The van der Waals surface area contributed by atoms with Gasteiger partial charge in [0.25, 0.3) is 5.91 Å². The van der Waals surface area contributed by atoms with E-state index in [0.29, 0.717) is 35.1 Å². The Morgan fingerprint density at radius 2 is 1.82 bits per heavy atom. The number of methoxy groups -OCH3 is 3. The van der Waals surface area contributed by atoms with E-state index >= 15 is 0 Å². The van der Waals surface area contributed by atoms with Gasteiger partial charge in [-0.15, -0.1) is 5.10 Å². The Morgan fingerprint density at radius 1 is 1.15 bits per heavy atom. The molecule has 0 saturated heterocycles. The zero-order valence-electron chi connectivity index (χ0n) is 19.6. The van der Waals surface area contributed by atoms with Crippen molar-refractivity contribution in [2.75, 3.05) is 40.2 Å². The van der Waals surface area contributed by atoms with E-state index in [1.807, 2.05) is 13.8 Å². The van der Waals surface area contributed by atoms with E-state index in [2.05, 4.69) is 40.7 Å². The lowest BCUT2D eigenvalue weighted by Crippen LogP contribution is -2.27. The molecule has 34 heavy (non-hydrogen) atoms. The molecule has 14 heteroatoms. The Kier molecular flexibility index (Phi) is 7.97. The van der Waals surface area contributed by atoms with Crippen LogP contribution in [0.2, 0.25) is 0 Å². The molecule has 1 amide bonds. The highest BCUT2D eigenvalue weighted by Gasteiger charge is 2.25. The normalized spacial score (nSPS) is 11.2. The topological polar surface area (TPSA) is 168 Å². The van der Waals surface area contributed by atoms with Crippen molar-refractivity contribution in [1.82, 2.24) is 35.6 Å². The highest BCUT2D eigenvalue weighted by atomic mass is 16.6. The van der Waals surface area contributed by atoms with Gasteiger partial charge >= 0.3 is 0 Å². The molecule has 0 fully saturated rings. The number of hydrogen-bond acceptors (Lipinski definition) is 12. The molecule has 0 aliphatic carbocycles. The van der Waals surface area contributed by atoms with E-state index in [1.165, 1.54) is 32.2 Å². The molecule has 0 unspecified atom stereocenters. The van der Waals surface area contributed by atoms with Gasteiger partial charge in [-0.05, 0) is 29.5 Å². The molecule has 3 aromatic rings. The predicted octanol–water partition coefficient (Wildman–Crippen LogP) is 0.864. The maximum Gasteiger partial charge on any atom is 0.293 e. The number of carbonyl (C=O) groups excluding carboxylic acids is 1. The lowest BCUT2D eigenvalue weighted by molar-refractivity contribution is 0.0948. The van der Waals surface area contributed by atoms with Gasteiger partial charge in [-0.2, -0.15) is 9.78 Å². The van der Waals surface area contributed by atoms with Crippen molar-refractivity contribution in [1.29, 1.82) is 0 Å². The lowest BCUT2D eigenvalue weighted by atomic mass is 10.2. The molecule has 0 aliphatic heterocycles. The van der Waals surface area contributed by atoms with Crippen LogP contribution in [0.25, 0.3) is 5.82 Å². The molecule has 1 aromatic carbocycles. The highest BCUT2D eigenvalue weighted by molar-refractivity contribution is 5.94. The first-order valence-corrected chi connectivity index (χ1v) is 10.4. The summed E-state index contributed by atoms with van der Waals surface area (Å²) in [4.78, 5) is 15.0. The third-order valence-corrected chi connectivity index (χ3v) is 5.05. The second kappa shape index (κ2) is 11.1. The van der Waals surface area contributed by atoms with E-state index in [0.717, 1.165) is 13.1 Å². The summed E-state index contributed by atoms with van der Waals surface area (Å²) < 4.78 is 22.0. The van der Waals surface area contributed by atoms with E-state index in [4.69, 9.17) is 19.9 Å². The number of nitrogen functional groups attached to an aromatic ring is 1. The zero-order valence-corrected chi connectivity index (χ0v) is 19.6. The first-order chi connectivity index (χ1) is 16.5. The molecule has 182 valence electrons. The average Bonchev–Trinajstić information content (AvgIpc) is 3.47. The zero-order chi connectivity index (χ0) is 24.7. The molecule has 14 nitrogen and oxygen atoms in total. The minimum atomic E-state index is -0.570. The highest BCUT2D eigenvalue weighted by Crippen LogP contribution is 2.33. The number of benzene rings is 1. The molecular formula is C20H27N9O5. The number of aromatic nitrogens is 5. The second-order valence-electron chi connectivity index (χ2n) is 6.88. The summed E-state index contributed by atoms with van der Waals surface area (Å²) in [6.07, 6.45) is 1.42. The smallest absolute Gasteiger partial charge is 0.293 e. The first-order valence-electron chi connectivity index (χ1n) is 10.4. The number of ether oxygens (including phenoxy) is 3. The van der Waals surface area contributed by atoms with Gasteiger partial charge in [0, 0.05) is 18.2 Å². The molecule has 0 atom stereocenters. The molecular weight excluding hydrogens is 446 g/mol. The van der Waals surface area contributed by atoms with Crippen LogP contribution in [0.3, 0.4) is 0 Å². The summed E-state index contributed by atoms with van der Waals surface area (Å²) in [6.45, 7) is 5.86. The molecule has 2 heterocycles. The third kappa shape index (κ3) is 5.06. The maximum atomic E-state index is 12.9. The molecule has 0 saturated carbocycles. The standard InChI is InChI=1S/C20H27N9O5/c1-6-28(7-2)11-13-17(23-27-29(13)19-18(21)25-34-26-19)20(30)24-22-10-12-8-15(32-4)16(33-5)9-14(12)31-3/h8-10H,6-7,11H2,1-5H3,(H2,21,25)(H,24,30)/b22-10-. The van der Waals surface area contributed by atoms with Crippen LogP contribution in [-0.2, 0) is 6.54 Å². The van der Waals surface area contributed by atoms with Crippen molar-refractivity contribution in [3.63, 3.8) is 0 Å². The minimum absolute atomic E-state index is 0.0243. The SMILES string of the molecule is CCN(CC)Cc1c(C(=O)N/N=C\c2cc(OC)c(OC)cc2OC)nnn1-c1nonc1N. The number of rotatable bonds is 11. The van der Waals surface area contributed by atoms with Crippen molar-refractivity contribution < 1.29 is 23.6 Å². The van der Waals surface area contributed by atoms with Crippen LogP contribution >= 0.6 is 0 Å². The summed E-state index contributed by atoms with van der Waals surface area (Å²) in [5, 5.41) is 19.4. The molecule has 2 aromatic heterocycles. The molecule has 3 rings (SSSR count). The Bertz CT molecular complexity index is 1150. The molecule has 0 radical (unpaired) electrons. The van der Waals surface area contributed by atoms with Gasteiger partial charge < -0.3 is 19.9 Å². The van der Waals surface area contributed by atoms with Gasteiger partial charge in [-0.3, -0.25) is 9.69 Å². The number of carbonyl (C=O) groups is 1. The minimum Gasteiger partial charge on any atom is -0.496 e. The number of nitrogens with one attached hydrogen (secondary N) is 1. The number of hydrogen-bond donors (Lipinski definition) is 2. The fourth-order valence-electron chi connectivity index (χ4n) is 3.15. The molecule has 0 bridgehead atoms. The molecule has 0 aliphatic rings. The lowest BCUT2D eigenvalue weighted by Gasteiger charge is -2.18. The van der Waals surface area contributed by atoms with E-state index in [9.17, 15) is 4.79 Å². The number of amides is 1. The Hall–Kier alpha value is -4.20. The number of nitrogens with zero attached hydrogens (tertiary/aromatic N) is 7. The summed E-state index contributed by atoms with van der Waals surface area (Å²) in [5.41, 5.74) is 9.37. The Morgan fingerprint density at radius 3 is 2.41 bits per heavy atom. The fraction of sp³-hybridized carbons (Fsp3) is 0.400. The monoisotopic (exact) mass is 473 g/mol. The van der Waals surface area contributed by atoms with Gasteiger partial charge in [0.05, 0.1) is 33.2 Å². The van der Waals surface area contributed by atoms with Crippen LogP contribution in [0.15, 0.2) is 21.9 Å². The van der Waals surface area contributed by atoms with Crippen molar-refractivity contribution in [2.24, 2.45) is 5.10 Å². The van der Waals surface area contributed by atoms with E-state index < -0.39 is 5.91 Å². The van der Waals surface area contributed by atoms with Gasteiger partial charge in [-0.1, -0.05) is 19.1 Å². The van der Waals surface area contributed by atoms with Gasteiger partial charge in [0.1, 0.15) is 5.75 Å². The van der Waals surface area contributed by atoms with Crippen LogP contribution in [0.1, 0.15) is 35.6 Å². The van der Waals surface area contributed by atoms with Gasteiger partial charge in [-0.25, -0.2) is 10.1 Å². The Labute approximate surface area is 195 Å². The van der Waals surface area contributed by atoms with E-state index in [1.54, 1.807) is 12.1 Å². The average molecular weight is 473 g/mol. The van der Waals surface area contributed by atoms with Crippen LogP contribution < -0.4 is 25.4 Å². The Balaban J connectivity index is 1.88. The van der Waals surface area contributed by atoms with Crippen LogP contribution in [0.4, 0.5) is 5.82 Å². The fourth-order valence-corrected chi connectivity index (χ4v) is 3.15. The second-order valence-corrected chi connectivity index (χ2v) is 6.88. The third-order valence-electron chi connectivity index (χ3n) is 5.05. The van der Waals surface area contributed by atoms with E-state index in [-0.39, 0.29) is 17.3 Å². The van der Waals surface area contributed by atoms with Gasteiger partial charge in [0.15, 0.2) is 17.2 Å². The maximum absolute atomic E-state index is 12.9. The van der Waals surface area contributed by atoms with Crippen LogP contribution in [0, 0.1) is 0 Å². The predicted molar refractivity (Wildman–Crippen MR) is 121 cm³/mol. The number of hydrazone groups is 1. The molecule has 3 N–H and O–H groups in total. The van der Waals surface area contributed by atoms with Crippen molar-refractivity contribution in [2.45, 2.75) is 20.4 Å². The summed E-state index contributed by atoms with van der Waals surface area (Å²) in [7, 11) is 4.56. The largest absolute Gasteiger partial charge is 0.496 e. The van der Waals surface area contributed by atoms with Crippen molar-refractivity contribution >= 4 is 17.9 Å². The summed E-state index contributed by atoms with van der Waals surface area (Å²) >= 11 is 0. The van der Waals surface area contributed by atoms with Gasteiger partial charge in [0.2, 0.25) is 11.6 Å². The summed E-state index contributed by atoms with van der Waals surface area (Å²) in [6, 6.07) is 3.34.